The van der Waals surface area contributed by atoms with Gasteiger partial charge in [-0.1, -0.05) is 24.3 Å². The van der Waals surface area contributed by atoms with E-state index in [1.54, 1.807) is 12.3 Å². The molecule has 82 valence electrons. The van der Waals surface area contributed by atoms with Crippen LogP contribution in [0.1, 0.15) is 10.5 Å². The van der Waals surface area contributed by atoms with Crippen LogP contribution in [-0.2, 0) is 0 Å². The van der Waals surface area contributed by atoms with Gasteiger partial charge in [0.05, 0.1) is 11.0 Å². The molecule has 0 N–H and O–H groups in total. The van der Waals surface area contributed by atoms with E-state index in [0.29, 0.717) is 5.52 Å². The molecule has 3 aromatic rings. The molecule has 0 spiro atoms. The first kappa shape index (κ1) is 10.2. The van der Waals surface area contributed by atoms with E-state index in [-0.39, 0.29) is 5.69 Å². The molecule has 0 radical (unpaired) electrons. The van der Waals surface area contributed by atoms with Crippen molar-refractivity contribution < 1.29 is 4.79 Å². The van der Waals surface area contributed by atoms with E-state index in [2.05, 4.69) is 9.97 Å². The largest absolute Gasteiger partial charge is 0.274 e. The van der Waals surface area contributed by atoms with Gasteiger partial charge in [-0.15, -0.1) is 0 Å². The van der Waals surface area contributed by atoms with Crippen molar-refractivity contribution in [3.63, 3.8) is 0 Å². The summed E-state index contributed by atoms with van der Waals surface area (Å²) >= 11 is 5.43. The molecule has 3 nitrogen and oxygen atoms in total. The van der Waals surface area contributed by atoms with Gasteiger partial charge in [0.15, 0.2) is 0 Å². The Balaban J connectivity index is 2.46. The second-order valence-electron chi connectivity index (χ2n) is 3.68. The highest BCUT2D eigenvalue weighted by Gasteiger charge is 2.07. The van der Waals surface area contributed by atoms with Crippen molar-refractivity contribution in [2.24, 2.45) is 0 Å². The minimum absolute atomic E-state index is 0.248. The lowest BCUT2D eigenvalue weighted by Gasteiger charge is -2.02. The summed E-state index contributed by atoms with van der Waals surface area (Å²) in [4.78, 5) is 19.7. The average molecular weight is 243 g/mol. The van der Waals surface area contributed by atoms with Crippen molar-refractivity contribution in [3.05, 3.63) is 48.3 Å². The summed E-state index contributed by atoms with van der Waals surface area (Å²) in [7, 11) is 0. The Bertz CT molecular complexity index is 740. The van der Waals surface area contributed by atoms with E-state index >= 15 is 0 Å². The Morgan fingerprint density at radius 1 is 1.00 bits per heavy atom. The summed E-state index contributed by atoms with van der Waals surface area (Å²) in [5.41, 5.74) is 1.73. The fourth-order valence-electron chi connectivity index (χ4n) is 1.83. The summed E-state index contributed by atoms with van der Waals surface area (Å²) in [6, 6.07) is 11.2. The Kier molecular flexibility index (Phi) is 2.27. The van der Waals surface area contributed by atoms with Crippen LogP contribution in [0.4, 0.5) is 0 Å². The zero-order valence-electron chi connectivity index (χ0n) is 8.72. The maximum atomic E-state index is 11.1. The number of aromatic nitrogens is 2. The number of hydrogen-bond donors (Lipinski definition) is 0. The number of pyridine rings is 2. The lowest BCUT2D eigenvalue weighted by molar-refractivity contribution is 0.107. The predicted octanol–water partition coefficient (Wildman–Crippen LogP) is 3.16. The average Bonchev–Trinajstić information content (AvgIpc) is 2.38. The number of carbonyl (C=O) groups excluding carboxylic acids is 1. The molecule has 0 bridgehead atoms. The van der Waals surface area contributed by atoms with E-state index in [0.717, 1.165) is 16.3 Å². The van der Waals surface area contributed by atoms with Gasteiger partial charge in [-0.3, -0.25) is 9.78 Å². The first-order valence-corrected chi connectivity index (χ1v) is 5.48. The van der Waals surface area contributed by atoms with Crippen molar-refractivity contribution in [1.29, 1.82) is 0 Å². The number of hydrogen-bond acceptors (Lipinski definition) is 3. The smallest absolute Gasteiger partial charge is 0.270 e. The van der Waals surface area contributed by atoms with E-state index in [9.17, 15) is 4.79 Å². The molecule has 2 aromatic heterocycles. The highest BCUT2D eigenvalue weighted by atomic mass is 35.5. The lowest BCUT2D eigenvalue weighted by atomic mass is 10.1. The molecule has 17 heavy (non-hydrogen) atoms. The summed E-state index contributed by atoms with van der Waals surface area (Å²) in [6.45, 7) is 0. The fourth-order valence-corrected chi connectivity index (χ4v) is 1.94. The molecule has 0 unspecified atom stereocenters. The SMILES string of the molecule is O=C(Cl)c1ccc2ccc3cccnc3c2n1. The Labute approximate surface area is 102 Å². The monoisotopic (exact) mass is 242 g/mol. The van der Waals surface area contributed by atoms with Crippen molar-refractivity contribution in [2.45, 2.75) is 0 Å². The van der Waals surface area contributed by atoms with Crippen LogP contribution in [0.15, 0.2) is 42.6 Å². The maximum absolute atomic E-state index is 11.1. The first-order chi connectivity index (χ1) is 8.25. The van der Waals surface area contributed by atoms with Crippen LogP contribution in [0.3, 0.4) is 0 Å². The Morgan fingerprint density at radius 3 is 2.47 bits per heavy atom. The van der Waals surface area contributed by atoms with Gasteiger partial charge in [-0.25, -0.2) is 4.98 Å². The third-order valence-electron chi connectivity index (χ3n) is 2.63. The Morgan fingerprint density at radius 2 is 1.71 bits per heavy atom. The lowest BCUT2D eigenvalue weighted by Crippen LogP contribution is -1.94. The number of benzene rings is 1. The van der Waals surface area contributed by atoms with Gasteiger partial charge in [0.25, 0.3) is 5.24 Å². The molecule has 2 heterocycles. The molecule has 0 atom stereocenters. The Hall–Kier alpha value is -2.00. The molecule has 1 aromatic carbocycles. The van der Waals surface area contributed by atoms with Crippen LogP contribution in [-0.4, -0.2) is 15.2 Å². The summed E-state index contributed by atoms with van der Waals surface area (Å²) < 4.78 is 0. The molecule has 0 saturated carbocycles. The zero-order chi connectivity index (χ0) is 11.8. The number of halogens is 1. The van der Waals surface area contributed by atoms with E-state index in [4.69, 9.17) is 11.6 Å². The summed E-state index contributed by atoms with van der Waals surface area (Å²) in [5.74, 6) is 0. The van der Waals surface area contributed by atoms with Crippen LogP contribution in [0, 0.1) is 0 Å². The van der Waals surface area contributed by atoms with Gasteiger partial charge < -0.3 is 0 Å². The van der Waals surface area contributed by atoms with Crippen LogP contribution < -0.4 is 0 Å². The van der Waals surface area contributed by atoms with Crippen LogP contribution in [0.5, 0.6) is 0 Å². The first-order valence-electron chi connectivity index (χ1n) is 5.10. The molecule has 3 rings (SSSR count). The summed E-state index contributed by atoms with van der Waals surface area (Å²) in [5, 5.41) is 1.38. The van der Waals surface area contributed by atoms with Gasteiger partial charge in [-0.2, -0.15) is 0 Å². The van der Waals surface area contributed by atoms with Crippen molar-refractivity contribution in [3.8, 4) is 0 Å². The minimum Gasteiger partial charge on any atom is -0.274 e. The van der Waals surface area contributed by atoms with E-state index in [1.807, 2.05) is 30.3 Å². The maximum Gasteiger partial charge on any atom is 0.270 e. The molecule has 0 amide bonds. The highest BCUT2D eigenvalue weighted by Crippen LogP contribution is 2.22. The minimum atomic E-state index is -0.556. The van der Waals surface area contributed by atoms with Gasteiger partial charge in [0, 0.05) is 17.0 Å². The highest BCUT2D eigenvalue weighted by molar-refractivity contribution is 6.67. The van der Waals surface area contributed by atoms with Crippen molar-refractivity contribution in [2.75, 3.05) is 0 Å². The van der Waals surface area contributed by atoms with Crippen LogP contribution >= 0.6 is 11.6 Å². The van der Waals surface area contributed by atoms with Crippen molar-refractivity contribution in [1.82, 2.24) is 9.97 Å². The number of carbonyl (C=O) groups is 1. The van der Waals surface area contributed by atoms with Gasteiger partial charge in [0.2, 0.25) is 0 Å². The molecule has 0 aliphatic rings. The van der Waals surface area contributed by atoms with Gasteiger partial charge in [0.1, 0.15) is 5.69 Å². The third-order valence-corrected chi connectivity index (χ3v) is 2.83. The standard InChI is InChI=1S/C13H7ClN2O/c14-13(17)10-6-5-9-4-3-8-2-1-7-15-11(8)12(9)16-10/h1-7H. The molecular formula is C13H7ClN2O. The van der Waals surface area contributed by atoms with Gasteiger partial charge in [-0.05, 0) is 23.7 Å². The van der Waals surface area contributed by atoms with Crippen LogP contribution in [0.25, 0.3) is 21.8 Å². The fraction of sp³-hybridized carbons (Fsp3) is 0. The van der Waals surface area contributed by atoms with E-state index < -0.39 is 5.24 Å². The summed E-state index contributed by atoms with van der Waals surface area (Å²) in [6.07, 6.45) is 1.71. The van der Waals surface area contributed by atoms with Crippen molar-refractivity contribution >= 4 is 38.6 Å². The molecule has 0 aliphatic heterocycles. The molecular weight excluding hydrogens is 236 g/mol. The normalized spacial score (nSPS) is 10.9. The molecule has 0 saturated heterocycles. The number of nitrogens with zero attached hydrogens (tertiary/aromatic N) is 2. The number of rotatable bonds is 1. The third kappa shape index (κ3) is 1.65. The predicted molar refractivity (Wildman–Crippen MR) is 67.2 cm³/mol. The quantitative estimate of drug-likeness (QED) is 0.486. The second kappa shape index (κ2) is 3.79. The zero-order valence-corrected chi connectivity index (χ0v) is 9.48. The topological polar surface area (TPSA) is 42.9 Å². The molecule has 4 heteroatoms. The van der Waals surface area contributed by atoms with E-state index in [1.165, 1.54) is 0 Å². The molecule has 0 aliphatic carbocycles. The molecule has 0 fully saturated rings. The van der Waals surface area contributed by atoms with Gasteiger partial charge >= 0.3 is 0 Å². The van der Waals surface area contributed by atoms with Crippen LogP contribution in [0.2, 0.25) is 0 Å². The number of fused-ring (bicyclic) bond motifs is 3. The second-order valence-corrected chi connectivity index (χ2v) is 4.03.